The number of aromatic nitrogens is 3. The van der Waals surface area contributed by atoms with E-state index in [-0.39, 0.29) is 11.4 Å². The van der Waals surface area contributed by atoms with E-state index >= 15 is 0 Å². The van der Waals surface area contributed by atoms with E-state index in [1.54, 1.807) is 13.8 Å². The van der Waals surface area contributed by atoms with Gasteiger partial charge in [-0.05, 0) is 25.6 Å². The molecule has 2 aromatic heterocycles. The molecule has 108 valence electrons. The van der Waals surface area contributed by atoms with Crippen molar-refractivity contribution in [3.8, 4) is 0 Å². The topological polar surface area (TPSA) is 114 Å². The fraction of sp³-hybridized carbons (Fsp3) is 0.400. The Morgan fingerprint density at radius 1 is 1.70 bits per heavy atom. The van der Waals surface area contributed by atoms with Crippen LogP contribution in [0.25, 0.3) is 0 Å². The number of hydrogen-bond donors (Lipinski definition) is 2. The number of aliphatic hydroxyl groups excluding tert-OH is 1. The van der Waals surface area contributed by atoms with E-state index in [4.69, 9.17) is 0 Å². The first-order chi connectivity index (χ1) is 9.43. The van der Waals surface area contributed by atoms with Crippen molar-refractivity contribution in [2.45, 2.75) is 35.9 Å². The van der Waals surface area contributed by atoms with Crippen molar-refractivity contribution >= 4 is 28.8 Å². The first kappa shape index (κ1) is 14.8. The molecule has 0 spiro atoms. The van der Waals surface area contributed by atoms with Gasteiger partial charge in [0.1, 0.15) is 4.21 Å². The molecule has 0 aliphatic rings. The summed E-state index contributed by atoms with van der Waals surface area (Å²) < 4.78 is 1.77. The van der Waals surface area contributed by atoms with Gasteiger partial charge in [0.15, 0.2) is 5.16 Å². The maximum Gasteiger partial charge on any atom is 0.343 e. The van der Waals surface area contributed by atoms with Crippen molar-refractivity contribution in [3.05, 3.63) is 31.5 Å². The van der Waals surface area contributed by atoms with Gasteiger partial charge in [-0.25, -0.2) is 9.89 Å². The molecule has 1 unspecified atom stereocenters. The molecule has 0 saturated carbocycles. The minimum Gasteiger partial charge on any atom is -0.388 e. The standard InChI is InChI=1S/C10H12N4O4S2/c1-3-13-9(16)11-12-10(13)20-8-6(14(17)18)4-7(19-8)5(2)15/h4-5,15H,3H2,1-2H3,(H,11,16). The van der Waals surface area contributed by atoms with Gasteiger partial charge in [-0.15, -0.1) is 16.4 Å². The predicted octanol–water partition coefficient (Wildman–Crippen LogP) is 1.77. The second kappa shape index (κ2) is 5.77. The third kappa shape index (κ3) is 2.76. The van der Waals surface area contributed by atoms with Gasteiger partial charge < -0.3 is 5.11 Å². The highest BCUT2D eigenvalue weighted by Crippen LogP contribution is 2.42. The van der Waals surface area contributed by atoms with Crippen LogP contribution in [0, 0.1) is 10.1 Å². The summed E-state index contributed by atoms with van der Waals surface area (Å²) in [4.78, 5) is 22.5. The molecule has 0 aliphatic carbocycles. The molecule has 0 aliphatic heterocycles. The quantitative estimate of drug-likeness (QED) is 0.642. The number of aromatic amines is 1. The van der Waals surface area contributed by atoms with Gasteiger partial charge in [0.05, 0.1) is 11.0 Å². The minimum atomic E-state index is -0.777. The third-order valence-corrected chi connectivity index (χ3v) is 5.01. The lowest BCUT2D eigenvalue weighted by atomic mass is 10.3. The molecule has 0 amide bonds. The molecule has 0 radical (unpaired) electrons. The van der Waals surface area contributed by atoms with E-state index in [1.807, 2.05) is 0 Å². The van der Waals surface area contributed by atoms with Gasteiger partial charge in [-0.1, -0.05) is 0 Å². The van der Waals surface area contributed by atoms with Gasteiger partial charge in [0, 0.05) is 17.5 Å². The van der Waals surface area contributed by atoms with Gasteiger partial charge in [0.25, 0.3) is 5.69 Å². The molecule has 10 heteroatoms. The lowest BCUT2D eigenvalue weighted by Gasteiger charge is -1.99. The van der Waals surface area contributed by atoms with Crippen molar-refractivity contribution < 1.29 is 10.0 Å². The molecule has 0 aromatic carbocycles. The van der Waals surface area contributed by atoms with E-state index in [1.165, 1.54) is 10.6 Å². The lowest BCUT2D eigenvalue weighted by molar-refractivity contribution is -0.387. The Kier molecular flexibility index (Phi) is 4.26. The molecule has 0 fully saturated rings. The van der Waals surface area contributed by atoms with E-state index in [0.29, 0.717) is 20.8 Å². The Hall–Kier alpha value is -1.65. The highest BCUT2D eigenvalue weighted by Gasteiger charge is 2.23. The van der Waals surface area contributed by atoms with Gasteiger partial charge in [0.2, 0.25) is 0 Å². The maximum absolute atomic E-state index is 11.5. The average molecular weight is 316 g/mol. The van der Waals surface area contributed by atoms with Crippen molar-refractivity contribution in [1.29, 1.82) is 0 Å². The minimum absolute atomic E-state index is 0.0889. The smallest absolute Gasteiger partial charge is 0.343 e. The number of nitrogens with one attached hydrogen (secondary N) is 1. The number of hydrogen-bond acceptors (Lipinski definition) is 7. The number of H-pyrrole nitrogens is 1. The number of nitrogens with zero attached hydrogens (tertiary/aromatic N) is 3. The van der Waals surface area contributed by atoms with Crippen molar-refractivity contribution in [1.82, 2.24) is 14.8 Å². The van der Waals surface area contributed by atoms with Gasteiger partial charge in [-0.2, -0.15) is 0 Å². The molecular formula is C10H12N4O4S2. The fourth-order valence-corrected chi connectivity index (χ4v) is 3.82. The molecule has 2 aromatic rings. The zero-order chi connectivity index (χ0) is 14.9. The van der Waals surface area contributed by atoms with Crippen LogP contribution < -0.4 is 5.69 Å². The van der Waals surface area contributed by atoms with E-state index in [9.17, 15) is 20.0 Å². The number of rotatable bonds is 5. The van der Waals surface area contributed by atoms with Gasteiger partial charge in [-0.3, -0.25) is 14.7 Å². The van der Waals surface area contributed by atoms with Crippen LogP contribution in [0.4, 0.5) is 5.69 Å². The van der Waals surface area contributed by atoms with Crippen LogP contribution in [-0.2, 0) is 6.54 Å². The molecule has 2 N–H and O–H groups in total. The average Bonchev–Trinajstić information content (AvgIpc) is 2.94. The summed E-state index contributed by atoms with van der Waals surface area (Å²) >= 11 is 2.16. The van der Waals surface area contributed by atoms with Crippen LogP contribution in [-0.4, -0.2) is 24.8 Å². The van der Waals surface area contributed by atoms with Crippen LogP contribution in [0.5, 0.6) is 0 Å². The van der Waals surface area contributed by atoms with Crippen molar-refractivity contribution in [2.24, 2.45) is 0 Å². The first-order valence-corrected chi connectivity index (χ1v) is 7.36. The SMILES string of the molecule is CCn1c(Sc2sc(C(C)O)cc2[N+](=O)[O-])n[nH]c1=O. The summed E-state index contributed by atoms with van der Waals surface area (Å²) in [6, 6.07) is 1.35. The second-order valence-corrected chi connectivity index (χ2v) is 6.23. The van der Waals surface area contributed by atoms with E-state index in [0.717, 1.165) is 23.1 Å². The molecule has 1 atom stereocenters. The summed E-state index contributed by atoms with van der Waals surface area (Å²) in [5.74, 6) is 0. The van der Waals surface area contributed by atoms with Crippen LogP contribution in [0.2, 0.25) is 0 Å². The molecule has 8 nitrogen and oxygen atoms in total. The van der Waals surface area contributed by atoms with Crippen LogP contribution in [0.1, 0.15) is 24.8 Å². The monoisotopic (exact) mass is 316 g/mol. The largest absolute Gasteiger partial charge is 0.388 e. The molecule has 20 heavy (non-hydrogen) atoms. The fourth-order valence-electron chi connectivity index (χ4n) is 1.53. The lowest BCUT2D eigenvalue weighted by Crippen LogP contribution is -2.15. The summed E-state index contributed by atoms with van der Waals surface area (Å²) in [6.45, 7) is 3.74. The zero-order valence-electron chi connectivity index (χ0n) is 10.7. The normalized spacial score (nSPS) is 12.6. The molecular weight excluding hydrogens is 304 g/mol. The Bertz CT molecular complexity index is 688. The van der Waals surface area contributed by atoms with Crippen LogP contribution >= 0.6 is 23.1 Å². The van der Waals surface area contributed by atoms with Crippen LogP contribution in [0.15, 0.2) is 20.2 Å². The summed E-state index contributed by atoms with van der Waals surface area (Å²) in [5.41, 5.74) is -0.445. The summed E-state index contributed by atoms with van der Waals surface area (Å²) in [5, 5.41) is 27.1. The van der Waals surface area contributed by atoms with Crippen molar-refractivity contribution in [2.75, 3.05) is 0 Å². The Balaban J connectivity index is 2.42. The number of aliphatic hydroxyl groups is 1. The van der Waals surface area contributed by atoms with Gasteiger partial charge >= 0.3 is 5.69 Å². The Labute approximate surface area is 121 Å². The number of nitro groups is 1. The van der Waals surface area contributed by atoms with Crippen LogP contribution in [0.3, 0.4) is 0 Å². The molecule has 0 bridgehead atoms. The Morgan fingerprint density at radius 2 is 2.40 bits per heavy atom. The predicted molar refractivity (Wildman–Crippen MR) is 74.3 cm³/mol. The first-order valence-electron chi connectivity index (χ1n) is 5.73. The van der Waals surface area contributed by atoms with E-state index < -0.39 is 11.0 Å². The van der Waals surface area contributed by atoms with E-state index in [2.05, 4.69) is 10.2 Å². The third-order valence-electron chi connectivity index (χ3n) is 2.53. The molecule has 0 saturated heterocycles. The highest BCUT2D eigenvalue weighted by atomic mass is 32.2. The maximum atomic E-state index is 11.5. The summed E-state index contributed by atoms with van der Waals surface area (Å²) in [7, 11) is 0. The molecule has 2 heterocycles. The second-order valence-electron chi connectivity index (χ2n) is 3.91. The molecule has 2 rings (SSSR count). The Morgan fingerprint density at radius 3 is 2.95 bits per heavy atom. The highest BCUT2D eigenvalue weighted by molar-refractivity contribution is 8.01. The van der Waals surface area contributed by atoms with Crippen molar-refractivity contribution in [3.63, 3.8) is 0 Å². The summed E-state index contributed by atoms with van der Waals surface area (Å²) in [6.07, 6.45) is -0.777. The zero-order valence-corrected chi connectivity index (χ0v) is 12.3. The number of thiophene rings is 1.